The largest absolute Gasteiger partial charge is 0.458 e. The lowest BCUT2D eigenvalue weighted by atomic mass is 9.77. The summed E-state index contributed by atoms with van der Waals surface area (Å²) in [5.41, 5.74) is 1.68. The average molecular weight is 366 g/mol. The Balaban J connectivity index is 1.48. The van der Waals surface area contributed by atoms with Gasteiger partial charge in [0.2, 0.25) is 0 Å². The molecule has 3 aromatic rings. The van der Waals surface area contributed by atoms with Crippen LogP contribution in [0.15, 0.2) is 59.1 Å². The molecule has 0 unspecified atom stereocenters. The Morgan fingerprint density at radius 2 is 2.04 bits per heavy atom. The smallest absolute Gasteiger partial charge is 0.152 e. The number of rotatable bonds is 5. The van der Waals surface area contributed by atoms with Crippen LogP contribution in [0, 0.1) is 0 Å². The van der Waals surface area contributed by atoms with Gasteiger partial charge in [-0.05, 0) is 44.3 Å². The van der Waals surface area contributed by atoms with Crippen LogP contribution in [0.3, 0.4) is 0 Å². The summed E-state index contributed by atoms with van der Waals surface area (Å²) in [4.78, 5) is 4.42. The lowest BCUT2D eigenvalue weighted by Crippen LogP contribution is -2.59. The summed E-state index contributed by atoms with van der Waals surface area (Å²) < 4.78 is 5.95. The van der Waals surface area contributed by atoms with Gasteiger partial charge in [-0.3, -0.25) is 14.9 Å². The number of β-amino-alcohol motifs (C(OH)–C–C–N with tert-alkyl or cyclic N) is 1. The topological polar surface area (TPSA) is 68.5 Å². The van der Waals surface area contributed by atoms with Crippen LogP contribution in [-0.4, -0.2) is 58.4 Å². The molecular formula is C21H26N4O2. The Bertz CT molecular complexity index is 859. The highest BCUT2D eigenvalue weighted by molar-refractivity contribution is 5.51. The van der Waals surface area contributed by atoms with Gasteiger partial charge in [0.15, 0.2) is 5.76 Å². The minimum Gasteiger partial charge on any atom is -0.458 e. The zero-order chi connectivity index (χ0) is 18.9. The second-order valence-corrected chi connectivity index (χ2v) is 7.42. The van der Waals surface area contributed by atoms with Crippen molar-refractivity contribution in [3.05, 3.63) is 66.1 Å². The molecule has 0 amide bonds. The molecule has 0 saturated carbocycles. The summed E-state index contributed by atoms with van der Waals surface area (Å²) in [6.45, 7) is 2.18. The van der Waals surface area contributed by atoms with Crippen LogP contribution in [-0.2, 0) is 12.1 Å². The third-order valence-corrected chi connectivity index (χ3v) is 5.67. The van der Waals surface area contributed by atoms with Gasteiger partial charge in [-0.1, -0.05) is 30.3 Å². The molecule has 1 aliphatic rings. The summed E-state index contributed by atoms with van der Waals surface area (Å²) in [7, 11) is 4.10. The molecule has 0 bridgehead atoms. The molecule has 0 spiro atoms. The minimum absolute atomic E-state index is 0.359. The van der Waals surface area contributed by atoms with E-state index >= 15 is 0 Å². The van der Waals surface area contributed by atoms with Crippen molar-refractivity contribution in [2.24, 2.45) is 0 Å². The number of aliphatic hydroxyl groups excluding tert-OH is 1. The first kappa shape index (κ1) is 18.0. The fourth-order valence-corrected chi connectivity index (χ4v) is 4.19. The van der Waals surface area contributed by atoms with E-state index in [0.717, 1.165) is 30.2 Å². The van der Waals surface area contributed by atoms with Crippen molar-refractivity contribution in [3.63, 3.8) is 0 Å². The predicted molar refractivity (Wildman–Crippen MR) is 104 cm³/mol. The number of aromatic amines is 1. The Hall–Kier alpha value is -2.41. The number of nitrogens with zero attached hydrogens (tertiary/aromatic N) is 3. The Morgan fingerprint density at radius 1 is 1.22 bits per heavy atom. The molecule has 1 fully saturated rings. The first-order valence-corrected chi connectivity index (χ1v) is 9.31. The van der Waals surface area contributed by atoms with Crippen LogP contribution in [0.1, 0.15) is 17.7 Å². The summed E-state index contributed by atoms with van der Waals surface area (Å²) in [6, 6.07) is 16.2. The van der Waals surface area contributed by atoms with Crippen molar-refractivity contribution in [1.82, 2.24) is 20.0 Å². The molecule has 3 heterocycles. The van der Waals surface area contributed by atoms with Crippen molar-refractivity contribution in [3.8, 4) is 11.5 Å². The monoisotopic (exact) mass is 366 g/mol. The van der Waals surface area contributed by atoms with E-state index in [1.807, 2.05) is 36.4 Å². The van der Waals surface area contributed by atoms with Gasteiger partial charge in [0.05, 0.1) is 18.2 Å². The van der Waals surface area contributed by atoms with Gasteiger partial charge in [-0.15, -0.1) is 0 Å². The minimum atomic E-state index is -0.481. The second kappa shape index (κ2) is 7.31. The molecular weight excluding hydrogens is 340 g/mol. The van der Waals surface area contributed by atoms with Crippen molar-refractivity contribution in [2.75, 3.05) is 27.2 Å². The molecule has 1 saturated heterocycles. The maximum Gasteiger partial charge on any atom is 0.152 e. The highest BCUT2D eigenvalue weighted by Gasteiger charge is 2.45. The molecule has 6 heteroatoms. The van der Waals surface area contributed by atoms with E-state index in [9.17, 15) is 5.11 Å². The molecule has 27 heavy (non-hydrogen) atoms. The standard InChI is InChI=1S/C21H26N4O2/c1-24(2)21(16-6-4-3-5-7-16)11-13-25(15-20(21)26)14-17-8-9-19(27-17)18-10-12-22-23-18/h3-10,12,20,26H,11,13-15H2,1-2H3,(H,22,23)/t20-,21+/m1/s1. The summed E-state index contributed by atoms with van der Waals surface area (Å²) in [5, 5.41) is 18.0. The SMILES string of the molecule is CN(C)[C@]1(c2ccccc2)CCN(Cc2ccc(-c3ccn[nH]3)o2)C[C@H]1O. The van der Waals surface area contributed by atoms with Gasteiger partial charge in [0.1, 0.15) is 11.5 Å². The number of hydrogen-bond donors (Lipinski definition) is 2. The molecule has 1 aromatic carbocycles. The van der Waals surface area contributed by atoms with Crippen LogP contribution in [0.5, 0.6) is 0 Å². The Morgan fingerprint density at radius 3 is 2.70 bits per heavy atom. The van der Waals surface area contributed by atoms with Gasteiger partial charge >= 0.3 is 0 Å². The van der Waals surface area contributed by atoms with E-state index in [-0.39, 0.29) is 5.54 Å². The van der Waals surface area contributed by atoms with Gasteiger partial charge < -0.3 is 9.52 Å². The fourth-order valence-electron chi connectivity index (χ4n) is 4.19. The molecule has 1 aliphatic heterocycles. The zero-order valence-electron chi connectivity index (χ0n) is 15.8. The fraction of sp³-hybridized carbons (Fsp3) is 0.381. The number of piperidine rings is 1. The second-order valence-electron chi connectivity index (χ2n) is 7.42. The van der Waals surface area contributed by atoms with E-state index in [0.29, 0.717) is 13.1 Å². The maximum absolute atomic E-state index is 11.1. The quantitative estimate of drug-likeness (QED) is 0.727. The predicted octanol–water partition coefficient (Wildman–Crippen LogP) is 2.69. The lowest BCUT2D eigenvalue weighted by molar-refractivity contribution is -0.0712. The van der Waals surface area contributed by atoms with Crippen molar-refractivity contribution >= 4 is 0 Å². The summed E-state index contributed by atoms with van der Waals surface area (Å²) in [6.07, 6.45) is 2.09. The number of furan rings is 1. The van der Waals surface area contributed by atoms with Crippen molar-refractivity contribution in [1.29, 1.82) is 0 Å². The van der Waals surface area contributed by atoms with E-state index in [4.69, 9.17) is 4.42 Å². The molecule has 6 nitrogen and oxygen atoms in total. The van der Waals surface area contributed by atoms with Crippen molar-refractivity contribution < 1.29 is 9.52 Å². The van der Waals surface area contributed by atoms with E-state index in [1.165, 1.54) is 5.56 Å². The highest BCUT2D eigenvalue weighted by Crippen LogP contribution is 2.38. The van der Waals surface area contributed by atoms with E-state index in [1.54, 1.807) is 6.20 Å². The molecule has 2 aromatic heterocycles. The van der Waals surface area contributed by atoms with Gasteiger partial charge in [0, 0.05) is 19.3 Å². The number of nitrogens with one attached hydrogen (secondary N) is 1. The first-order chi connectivity index (χ1) is 13.1. The van der Waals surface area contributed by atoms with Gasteiger partial charge in [0.25, 0.3) is 0 Å². The number of aromatic nitrogens is 2. The molecule has 142 valence electrons. The number of likely N-dealkylation sites (N-methyl/N-ethyl adjacent to an activating group) is 1. The number of hydrogen-bond acceptors (Lipinski definition) is 5. The van der Waals surface area contributed by atoms with Gasteiger partial charge in [-0.25, -0.2) is 0 Å². The third kappa shape index (κ3) is 3.32. The van der Waals surface area contributed by atoms with Crippen LogP contribution in [0.25, 0.3) is 11.5 Å². The molecule has 4 rings (SSSR count). The third-order valence-electron chi connectivity index (χ3n) is 5.67. The van der Waals surface area contributed by atoms with Crippen LogP contribution in [0.2, 0.25) is 0 Å². The first-order valence-electron chi connectivity index (χ1n) is 9.31. The van der Waals surface area contributed by atoms with Crippen LogP contribution < -0.4 is 0 Å². The van der Waals surface area contributed by atoms with Crippen LogP contribution >= 0.6 is 0 Å². The molecule has 2 N–H and O–H groups in total. The van der Waals surface area contributed by atoms with Crippen molar-refractivity contribution in [2.45, 2.75) is 24.6 Å². The molecule has 0 radical (unpaired) electrons. The van der Waals surface area contributed by atoms with E-state index in [2.05, 4.69) is 46.2 Å². The number of H-pyrrole nitrogens is 1. The number of likely N-dealkylation sites (tertiary alicyclic amines) is 1. The number of aliphatic hydroxyl groups is 1. The average Bonchev–Trinajstić information content (AvgIpc) is 3.34. The maximum atomic E-state index is 11.1. The van der Waals surface area contributed by atoms with Crippen LogP contribution in [0.4, 0.5) is 0 Å². The lowest BCUT2D eigenvalue weighted by Gasteiger charge is -2.49. The van der Waals surface area contributed by atoms with E-state index < -0.39 is 6.10 Å². The Kier molecular flexibility index (Phi) is 4.86. The Labute approximate surface area is 159 Å². The molecule has 0 aliphatic carbocycles. The number of benzene rings is 1. The summed E-state index contributed by atoms with van der Waals surface area (Å²) >= 11 is 0. The normalized spacial score (nSPS) is 23.8. The van der Waals surface area contributed by atoms with Gasteiger partial charge in [-0.2, -0.15) is 5.10 Å². The zero-order valence-corrected chi connectivity index (χ0v) is 15.8. The highest BCUT2D eigenvalue weighted by atomic mass is 16.3. The summed E-state index contributed by atoms with van der Waals surface area (Å²) in [5.74, 6) is 1.68. The molecule has 2 atom stereocenters.